The highest BCUT2D eigenvalue weighted by atomic mass is 16.5. The molecule has 2 aliphatic heterocycles. The second-order valence-corrected chi connectivity index (χ2v) is 8.67. The molecule has 26 heavy (non-hydrogen) atoms. The van der Waals surface area contributed by atoms with Gasteiger partial charge in [-0.15, -0.1) is 0 Å². The minimum Gasteiger partial charge on any atom is -0.374 e. The number of anilines is 1. The number of nitrogens with zero attached hydrogens (tertiary/aromatic N) is 1. The maximum atomic E-state index is 12.5. The van der Waals surface area contributed by atoms with Crippen LogP contribution in [0.5, 0.6) is 0 Å². The highest BCUT2D eigenvalue weighted by molar-refractivity contribution is 5.90. The number of hydrazone groups is 1. The van der Waals surface area contributed by atoms with Crippen LogP contribution in [0, 0.1) is 11.8 Å². The van der Waals surface area contributed by atoms with Gasteiger partial charge in [0.05, 0.1) is 30.1 Å². The van der Waals surface area contributed by atoms with E-state index in [1.807, 2.05) is 44.2 Å². The van der Waals surface area contributed by atoms with E-state index in [4.69, 9.17) is 9.47 Å². The lowest BCUT2D eigenvalue weighted by molar-refractivity contribution is -0.146. The number of ketones is 1. The van der Waals surface area contributed by atoms with Crippen molar-refractivity contribution in [3.05, 3.63) is 30.3 Å². The molecule has 5 nitrogen and oxygen atoms in total. The van der Waals surface area contributed by atoms with Gasteiger partial charge in [-0.25, -0.2) is 0 Å². The number of para-hydroxylation sites is 1. The van der Waals surface area contributed by atoms with Gasteiger partial charge in [-0.2, -0.15) is 5.10 Å². The molecule has 2 fully saturated rings. The standard InChI is InChI=1S/C21H30N2O3/c1-20(2)11-18(23-22-17-8-6-5-7-9-17)15(13-25-20)10-16-14-26-21(3,4)12-19(16)24/h5-9,15-16,22H,10-14H2,1-4H3/t15-,16-/m0/s1. The molecule has 5 heteroatoms. The number of carbonyl (C=O) groups excluding carboxylic acids is 1. The number of ether oxygens (including phenoxy) is 2. The average Bonchev–Trinajstić information content (AvgIpc) is 2.57. The SMILES string of the molecule is CC1(C)CC(=O)[C@@H](C[C@H]2COC(C)(C)CC2=NNc2ccccc2)CO1. The highest BCUT2D eigenvalue weighted by Crippen LogP contribution is 2.33. The molecule has 2 aliphatic rings. The van der Waals surface area contributed by atoms with Gasteiger partial charge in [0, 0.05) is 30.4 Å². The van der Waals surface area contributed by atoms with Crippen LogP contribution in [-0.4, -0.2) is 35.9 Å². The number of carbonyl (C=O) groups is 1. The van der Waals surface area contributed by atoms with Crippen molar-refractivity contribution in [3.63, 3.8) is 0 Å². The Balaban J connectivity index is 1.70. The van der Waals surface area contributed by atoms with Crippen molar-refractivity contribution >= 4 is 17.2 Å². The number of hydrogen-bond donors (Lipinski definition) is 1. The van der Waals surface area contributed by atoms with E-state index in [9.17, 15) is 4.79 Å². The van der Waals surface area contributed by atoms with Gasteiger partial charge in [0.25, 0.3) is 0 Å². The summed E-state index contributed by atoms with van der Waals surface area (Å²) in [5.74, 6) is 0.360. The monoisotopic (exact) mass is 358 g/mol. The molecule has 2 saturated heterocycles. The van der Waals surface area contributed by atoms with Gasteiger partial charge in [-0.1, -0.05) is 18.2 Å². The van der Waals surface area contributed by atoms with E-state index < -0.39 is 0 Å². The molecule has 0 aliphatic carbocycles. The summed E-state index contributed by atoms with van der Waals surface area (Å²) in [6.45, 7) is 9.20. The van der Waals surface area contributed by atoms with Crippen LogP contribution in [0.25, 0.3) is 0 Å². The maximum absolute atomic E-state index is 12.5. The second kappa shape index (κ2) is 7.49. The summed E-state index contributed by atoms with van der Waals surface area (Å²) < 4.78 is 11.9. The molecule has 142 valence electrons. The lowest BCUT2D eigenvalue weighted by Gasteiger charge is -2.39. The zero-order valence-corrected chi connectivity index (χ0v) is 16.2. The van der Waals surface area contributed by atoms with Crippen LogP contribution in [0.2, 0.25) is 0 Å². The fourth-order valence-corrected chi connectivity index (χ4v) is 3.61. The van der Waals surface area contributed by atoms with E-state index >= 15 is 0 Å². The van der Waals surface area contributed by atoms with Gasteiger partial charge >= 0.3 is 0 Å². The Hall–Kier alpha value is -1.72. The van der Waals surface area contributed by atoms with Gasteiger partial charge in [-0.3, -0.25) is 10.2 Å². The summed E-state index contributed by atoms with van der Waals surface area (Å²) in [5.41, 5.74) is 4.62. The molecule has 2 atom stereocenters. The number of nitrogens with one attached hydrogen (secondary N) is 1. The lowest BCUT2D eigenvalue weighted by Crippen LogP contribution is -2.45. The van der Waals surface area contributed by atoms with E-state index in [2.05, 4.69) is 24.4 Å². The molecule has 1 N–H and O–H groups in total. The molecule has 0 aromatic heterocycles. The Morgan fingerprint density at radius 2 is 1.62 bits per heavy atom. The molecule has 0 spiro atoms. The molecular formula is C21H30N2O3. The van der Waals surface area contributed by atoms with E-state index in [-0.39, 0.29) is 23.0 Å². The minimum atomic E-state index is -0.343. The van der Waals surface area contributed by atoms with Crippen molar-refractivity contribution < 1.29 is 14.3 Å². The van der Waals surface area contributed by atoms with Crippen molar-refractivity contribution in [1.29, 1.82) is 0 Å². The first-order valence-electron chi connectivity index (χ1n) is 9.42. The Kier molecular flexibility index (Phi) is 5.49. The molecule has 0 bridgehead atoms. The van der Waals surface area contributed by atoms with Crippen LogP contribution in [0.4, 0.5) is 5.69 Å². The van der Waals surface area contributed by atoms with Crippen molar-refractivity contribution in [2.75, 3.05) is 18.6 Å². The number of hydrogen-bond acceptors (Lipinski definition) is 5. The van der Waals surface area contributed by atoms with Crippen LogP contribution >= 0.6 is 0 Å². The van der Waals surface area contributed by atoms with Crippen molar-refractivity contribution in [2.24, 2.45) is 16.9 Å². The fourth-order valence-electron chi connectivity index (χ4n) is 3.61. The quantitative estimate of drug-likeness (QED) is 0.825. The van der Waals surface area contributed by atoms with Crippen LogP contribution in [0.1, 0.15) is 47.0 Å². The number of rotatable bonds is 4. The van der Waals surface area contributed by atoms with Crippen molar-refractivity contribution in [2.45, 2.75) is 58.2 Å². The number of benzene rings is 1. The molecule has 2 heterocycles. The summed E-state index contributed by atoms with van der Waals surface area (Å²) in [6, 6.07) is 9.92. The third-order valence-electron chi connectivity index (χ3n) is 5.16. The van der Waals surface area contributed by atoms with Crippen LogP contribution in [-0.2, 0) is 14.3 Å². The molecule has 0 unspecified atom stereocenters. The maximum Gasteiger partial charge on any atom is 0.141 e. The van der Waals surface area contributed by atoms with E-state index in [1.54, 1.807) is 0 Å². The summed E-state index contributed by atoms with van der Waals surface area (Å²) in [7, 11) is 0. The minimum absolute atomic E-state index is 0.0697. The van der Waals surface area contributed by atoms with Crippen LogP contribution < -0.4 is 5.43 Å². The largest absolute Gasteiger partial charge is 0.374 e. The molecular weight excluding hydrogens is 328 g/mol. The van der Waals surface area contributed by atoms with Gasteiger partial charge in [0.15, 0.2) is 0 Å². The van der Waals surface area contributed by atoms with Crippen LogP contribution in [0.3, 0.4) is 0 Å². The molecule has 0 radical (unpaired) electrons. The molecule has 3 rings (SSSR count). The lowest BCUT2D eigenvalue weighted by atomic mass is 9.80. The van der Waals surface area contributed by atoms with Gasteiger partial charge < -0.3 is 9.47 Å². The first-order valence-corrected chi connectivity index (χ1v) is 9.42. The summed E-state index contributed by atoms with van der Waals surface area (Å²) >= 11 is 0. The topological polar surface area (TPSA) is 59.9 Å². The van der Waals surface area contributed by atoms with Gasteiger partial charge in [0.2, 0.25) is 0 Å². The molecule has 1 aromatic carbocycles. The van der Waals surface area contributed by atoms with Gasteiger partial charge in [-0.05, 0) is 46.2 Å². The van der Waals surface area contributed by atoms with Crippen molar-refractivity contribution in [1.82, 2.24) is 0 Å². The number of Topliss-reactive ketones (excluding diaryl/α,β-unsaturated/α-hetero) is 1. The third kappa shape index (κ3) is 4.92. The zero-order chi connectivity index (χ0) is 18.8. The van der Waals surface area contributed by atoms with Crippen molar-refractivity contribution in [3.8, 4) is 0 Å². The summed E-state index contributed by atoms with van der Waals surface area (Å²) in [5, 5.41) is 4.68. The highest BCUT2D eigenvalue weighted by Gasteiger charge is 2.39. The Bertz CT molecular complexity index is 667. The van der Waals surface area contributed by atoms with Gasteiger partial charge in [0.1, 0.15) is 5.78 Å². The van der Waals surface area contributed by atoms with E-state index in [0.717, 1.165) is 24.2 Å². The molecule has 0 saturated carbocycles. The summed E-state index contributed by atoms with van der Waals surface area (Å²) in [4.78, 5) is 12.5. The smallest absolute Gasteiger partial charge is 0.141 e. The second-order valence-electron chi connectivity index (χ2n) is 8.67. The Labute approximate surface area is 156 Å². The van der Waals surface area contributed by atoms with E-state index in [1.165, 1.54) is 0 Å². The predicted molar refractivity (Wildman–Crippen MR) is 103 cm³/mol. The fraction of sp³-hybridized carbons (Fsp3) is 0.619. The third-order valence-corrected chi connectivity index (χ3v) is 5.16. The predicted octanol–water partition coefficient (Wildman–Crippen LogP) is 4.04. The Morgan fingerprint density at radius 3 is 2.27 bits per heavy atom. The van der Waals surface area contributed by atoms with E-state index in [0.29, 0.717) is 25.4 Å². The Morgan fingerprint density at radius 1 is 1.00 bits per heavy atom. The first-order chi connectivity index (χ1) is 12.2. The molecule has 0 amide bonds. The molecule has 1 aromatic rings. The summed E-state index contributed by atoms with van der Waals surface area (Å²) in [6.07, 6.45) is 1.97. The average molecular weight is 358 g/mol. The normalized spacial score (nSPS) is 29.5. The zero-order valence-electron chi connectivity index (χ0n) is 16.2. The van der Waals surface area contributed by atoms with Crippen LogP contribution in [0.15, 0.2) is 35.4 Å². The first kappa shape index (κ1) is 19.1.